The molecule has 0 saturated carbocycles. The van der Waals surface area contributed by atoms with E-state index in [9.17, 15) is 4.79 Å². The fraction of sp³-hybridized carbons (Fsp3) is 0.154. The lowest BCUT2D eigenvalue weighted by molar-refractivity contribution is -0.115. The van der Waals surface area contributed by atoms with Gasteiger partial charge in [0, 0.05) is 17.7 Å². The van der Waals surface area contributed by atoms with Gasteiger partial charge in [0.1, 0.15) is 5.84 Å². The lowest BCUT2D eigenvalue weighted by Gasteiger charge is -2.05. The monoisotopic (exact) mass is 244 g/mol. The number of nitrogens with one attached hydrogen (secondary N) is 3. The van der Waals surface area contributed by atoms with E-state index in [2.05, 4.69) is 5.32 Å². The van der Waals surface area contributed by atoms with Crippen molar-refractivity contribution in [3.8, 4) is 0 Å². The number of carbonyl (C=O) groups excluding carboxylic acids is 1. The second kappa shape index (κ2) is 6.34. The molecule has 0 spiro atoms. The number of benzene rings is 1. The zero-order valence-electron chi connectivity index (χ0n) is 10.2. The molecule has 5 N–H and O–H groups in total. The predicted molar refractivity (Wildman–Crippen MR) is 73.2 cm³/mol. The molecule has 1 rings (SSSR count). The molecule has 1 amide bonds. The third kappa shape index (κ3) is 4.21. The molecule has 0 unspecified atom stereocenters. The van der Waals surface area contributed by atoms with Crippen LogP contribution in [0.2, 0.25) is 0 Å². The Morgan fingerprint density at radius 3 is 2.72 bits per heavy atom. The van der Waals surface area contributed by atoms with Crippen molar-refractivity contribution in [1.82, 2.24) is 0 Å². The van der Waals surface area contributed by atoms with E-state index >= 15 is 0 Å². The van der Waals surface area contributed by atoms with Crippen molar-refractivity contribution in [3.05, 3.63) is 42.0 Å². The largest absolute Gasteiger partial charge is 0.384 e. The van der Waals surface area contributed by atoms with Gasteiger partial charge < -0.3 is 16.5 Å². The number of hydrogen-bond acceptors (Lipinski definition) is 3. The van der Waals surface area contributed by atoms with E-state index in [1.165, 1.54) is 12.2 Å². The molecule has 5 heteroatoms. The summed E-state index contributed by atoms with van der Waals surface area (Å²) in [6, 6.07) is 6.99. The van der Waals surface area contributed by atoms with E-state index in [4.69, 9.17) is 16.6 Å². The van der Waals surface area contributed by atoms with Crippen molar-refractivity contribution >= 4 is 23.1 Å². The maximum Gasteiger partial charge on any atom is 0.224 e. The normalized spacial score (nSPS) is 10.3. The smallest absolute Gasteiger partial charge is 0.224 e. The molecule has 0 heterocycles. The van der Waals surface area contributed by atoms with Crippen molar-refractivity contribution < 1.29 is 4.79 Å². The van der Waals surface area contributed by atoms with E-state index < -0.39 is 0 Å². The minimum atomic E-state index is -0.102. The number of carbonyl (C=O) groups is 1. The van der Waals surface area contributed by atoms with Gasteiger partial charge in [0.05, 0.1) is 5.71 Å². The van der Waals surface area contributed by atoms with Crippen molar-refractivity contribution in [2.45, 2.75) is 13.3 Å². The standard InChI is InChI=1S/C13H16N4O/c1-2-13(18)17-10-5-3-4-9(8-10)11(14)6-7-12(15)16/h3-8,14H,2H2,1H3,(H3,15,16)(H,17,18)/b7-6-,14-11?. The lowest BCUT2D eigenvalue weighted by atomic mass is 10.1. The fourth-order valence-corrected chi connectivity index (χ4v) is 1.28. The summed E-state index contributed by atoms with van der Waals surface area (Å²) in [6.07, 6.45) is 3.20. The average Bonchev–Trinajstić information content (AvgIpc) is 2.36. The molecule has 0 aromatic heterocycles. The summed E-state index contributed by atoms with van der Waals surface area (Å²) in [5.74, 6) is -0.173. The molecular weight excluding hydrogens is 228 g/mol. The molecule has 0 fully saturated rings. The number of hydrogen-bond donors (Lipinski definition) is 4. The molecular formula is C13H16N4O. The highest BCUT2D eigenvalue weighted by molar-refractivity contribution is 6.10. The van der Waals surface area contributed by atoms with Crippen molar-refractivity contribution in [1.29, 1.82) is 10.8 Å². The summed E-state index contributed by atoms with van der Waals surface area (Å²) < 4.78 is 0. The minimum absolute atomic E-state index is 0.0713. The topological polar surface area (TPSA) is 103 Å². The van der Waals surface area contributed by atoms with Gasteiger partial charge in [0.2, 0.25) is 5.91 Å². The van der Waals surface area contributed by atoms with Crippen LogP contribution < -0.4 is 11.1 Å². The molecule has 1 aromatic carbocycles. The highest BCUT2D eigenvalue weighted by Crippen LogP contribution is 2.12. The first-order valence-electron chi connectivity index (χ1n) is 5.54. The molecule has 0 atom stereocenters. The Morgan fingerprint density at radius 1 is 1.39 bits per heavy atom. The van der Waals surface area contributed by atoms with Crippen LogP contribution in [0.1, 0.15) is 18.9 Å². The van der Waals surface area contributed by atoms with Gasteiger partial charge in [-0.1, -0.05) is 19.1 Å². The minimum Gasteiger partial charge on any atom is -0.384 e. The molecule has 0 aliphatic heterocycles. The third-order valence-corrected chi connectivity index (χ3v) is 2.21. The van der Waals surface area contributed by atoms with Gasteiger partial charge >= 0.3 is 0 Å². The van der Waals surface area contributed by atoms with Crippen LogP contribution >= 0.6 is 0 Å². The maximum atomic E-state index is 11.3. The van der Waals surface area contributed by atoms with E-state index in [1.807, 2.05) is 0 Å². The first kappa shape index (κ1) is 13.6. The Kier molecular flexibility index (Phi) is 4.80. The highest BCUT2D eigenvalue weighted by atomic mass is 16.1. The van der Waals surface area contributed by atoms with E-state index in [-0.39, 0.29) is 17.5 Å². The molecule has 0 bridgehead atoms. The van der Waals surface area contributed by atoms with Crippen molar-refractivity contribution in [3.63, 3.8) is 0 Å². The first-order chi connectivity index (χ1) is 8.52. The molecule has 1 aromatic rings. The van der Waals surface area contributed by atoms with Crippen LogP contribution in [0.4, 0.5) is 5.69 Å². The quantitative estimate of drug-likeness (QED) is 0.469. The summed E-state index contributed by atoms with van der Waals surface area (Å²) in [7, 11) is 0. The Labute approximate surface area is 106 Å². The van der Waals surface area contributed by atoms with Gasteiger partial charge in [-0.3, -0.25) is 10.2 Å². The predicted octanol–water partition coefficient (Wildman–Crippen LogP) is 1.90. The number of amides is 1. The summed E-state index contributed by atoms with van der Waals surface area (Å²) in [5.41, 5.74) is 6.72. The summed E-state index contributed by atoms with van der Waals surface area (Å²) in [5, 5.41) is 17.6. The number of amidine groups is 1. The maximum absolute atomic E-state index is 11.3. The zero-order valence-corrected chi connectivity index (χ0v) is 10.2. The summed E-state index contributed by atoms with van der Waals surface area (Å²) >= 11 is 0. The molecule has 18 heavy (non-hydrogen) atoms. The second-order valence-corrected chi connectivity index (χ2v) is 3.68. The van der Waals surface area contributed by atoms with Crippen LogP contribution in [0.3, 0.4) is 0 Å². The number of nitrogens with two attached hydrogens (primary N) is 1. The highest BCUT2D eigenvalue weighted by Gasteiger charge is 2.02. The molecule has 5 nitrogen and oxygen atoms in total. The molecule has 94 valence electrons. The van der Waals surface area contributed by atoms with Gasteiger partial charge in [-0.05, 0) is 24.3 Å². The molecule has 0 saturated heterocycles. The van der Waals surface area contributed by atoms with Crippen LogP contribution in [0.5, 0.6) is 0 Å². The first-order valence-corrected chi connectivity index (χ1v) is 5.54. The Hall–Kier alpha value is -2.43. The van der Waals surface area contributed by atoms with Crippen LogP contribution in [0, 0.1) is 10.8 Å². The fourth-order valence-electron chi connectivity index (χ4n) is 1.28. The zero-order chi connectivity index (χ0) is 13.5. The van der Waals surface area contributed by atoms with E-state index in [1.54, 1.807) is 31.2 Å². The number of anilines is 1. The Balaban J connectivity index is 2.84. The summed E-state index contributed by atoms with van der Waals surface area (Å²) in [6.45, 7) is 1.77. The van der Waals surface area contributed by atoms with Gasteiger partial charge in [-0.2, -0.15) is 0 Å². The average molecular weight is 244 g/mol. The third-order valence-electron chi connectivity index (χ3n) is 2.21. The van der Waals surface area contributed by atoms with Gasteiger partial charge in [-0.25, -0.2) is 0 Å². The van der Waals surface area contributed by atoms with Crippen LogP contribution in [-0.2, 0) is 4.79 Å². The Morgan fingerprint density at radius 2 is 2.11 bits per heavy atom. The van der Waals surface area contributed by atoms with Gasteiger partial charge in [0.15, 0.2) is 0 Å². The van der Waals surface area contributed by atoms with Crippen molar-refractivity contribution in [2.24, 2.45) is 5.73 Å². The van der Waals surface area contributed by atoms with Crippen LogP contribution in [-0.4, -0.2) is 17.5 Å². The van der Waals surface area contributed by atoms with Gasteiger partial charge in [-0.15, -0.1) is 0 Å². The number of allylic oxidation sites excluding steroid dienone is 1. The molecule has 0 aliphatic carbocycles. The SMILES string of the molecule is CCC(=O)Nc1cccc(C(=N)/C=C\C(=N)N)c1. The molecule has 0 radical (unpaired) electrons. The lowest BCUT2D eigenvalue weighted by Crippen LogP contribution is -2.10. The summed E-state index contributed by atoms with van der Waals surface area (Å²) in [4.78, 5) is 11.3. The van der Waals surface area contributed by atoms with Crippen molar-refractivity contribution in [2.75, 3.05) is 5.32 Å². The second-order valence-electron chi connectivity index (χ2n) is 3.68. The van der Waals surface area contributed by atoms with E-state index in [0.717, 1.165) is 0 Å². The van der Waals surface area contributed by atoms with Crippen LogP contribution in [0.15, 0.2) is 36.4 Å². The van der Waals surface area contributed by atoms with E-state index in [0.29, 0.717) is 17.7 Å². The Bertz CT molecular complexity index is 505. The van der Waals surface area contributed by atoms with Gasteiger partial charge in [0.25, 0.3) is 0 Å². The molecule has 0 aliphatic rings. The van der Waals surface area contributed by atoms with Crippen LogP contribution in [0.25, 0.3) is 0 Å². The number of rotatable bonds is 5.